The Morgan fingerprint density at radius 1 is 1.36 bits per heavy atom. The van der Waals surface area contributed by atoms with E-state index in [2.05, 4.69) is 4.98 Å². The minimum absolute atomic E-state index is 0.186. The van der Waals surface area contributed by atoms with Crippen LogP contribution < -0.4 is 17.2 Å². The zero-order valence-corrected chi connectivity index (χ0v) is 6.85. The summed E-state index contributed by atoms with van der Waals surface area (Å²) in [7, 11) is 1.68. The number of nitrogen functional groups attached to an aromatic ring is 3. The lowest BCUT2D eigenvalue weighted by atomic mass is 10.4. The molecular formula is C5H9N5S. The molecule has 1 heterocycles. The standard InChI is InChI=1S/C5H9N5S/c1-10-4(8)2(6)3(7)9-5(10)11/h6,8H2,1H3,(H2,7,9,11). The van der Waals surface area contributed by atoms with E-state index in [1.807, 2.05) is 0 Å². The molecule has 0 aliphatic rings. The van der Waals surface area contributed by atoms with E-state index in [-0.39, 0.29) is 11.5 Å². The third-order valence-electron chi connectivity index (χ3n) is 1.42. The van der Waals surface area contributed by atoms with E-state index >= 15 is 0 Å². The minimum atomic E-state index is 0.186. The highest BCUT2D eigenvalue weighted by Crippen LogP contribution is 2.18. The summed E-state index contributed by atoms with van der Waals surface area (Å²) in [5.41, 5.74) is 16.7. The van der Waals surface area contributed by atoms with Crippen molar-refractivity contribution in [1.29, 1.82) is 0 Å². The molecule has 0 atom stereocenters. The van der Waals surface area contributed by atoms with Crippen molar-refractivity contribution in [2.24, 2.45) is 7.05 Å². The lowest BCUT2D eigenvalue weighted by Gasteiger charge is -2.07. The largest absolute Gasteiger partial charge is 0.393 e. The molecule has 0 aliphatic carbocycles. The molecule has 0 unspecified atom stereocenters. The lowest BCUT2D eigenvalue weighted by Crippen LogP contribution is -2.10. The van der Waals surface area contributed by atoms with E-state index in [0.717, 1.165) is 0 Å². The number of rotatable bonds is 0. The number of hydrogen-bond donors (Lipinski definition) is 3. The van der Waals surface area contributed by atoms with Crippen LogP contribution in [0, 0.1) is 4.77 Å². The minimum Gasteiger partial charge on any atom is -0.393 e. The zero-order valence-electron chi connectivity index (χ0n) is 6.03. The quantitative estimate of drug-likeness (QED) is 0.473. The van der Waals surface area contributed by atoms with Gasteiger partial charge in [0.25, 0.3) is 0 Å². The van der Waals surface area contributed by atoms with Gasteiger partial charge in [0.05, 0.1) is 0 Å². The van der Waals surface area contributed by atoms with Crippen LogP contribution >= 0.6 is 12.2 Å². The zero-order chi connectivity index (χ0) is 8.59. The summed E-state index contributed by atoms with van der Waals surface area (Å²) in [6, 6.07) is 0. The fourth-order valence-electron chi connectivity index (χ4n) is 0.653. The summed E-state index contributed by atoms with van der Waals surface area (Å²) in [6.07, 6.45) is 0. The van der Waals surface area contributed by atoms with Gasteiger partial charge in [-0.3, -0.25) is 0 Å². The Hall–Kier alpha value is -1.30. The van der Waals surface area contributed by atoms with Crippen LogP contribution in [0.5, 0.6) is 0 Å². The van der Waals surface area contributed by atoms with E-state index in [4.69, 9.17) is 29.4 Å². The molecule has 0 spiro atoms. The van der Waals surface area contributed by atoms with Gasteiger partial charge in [0, 0.05) is 7.05 Å². The Morgan fingerprint density at radius 2 is 1.91 bits per heavy atom. The highest BCUT2D eigenvalue weighted by molar-refractivity contribution is 7.71. The van der Waals surface area contributed by atoms with Gasteiger partial charge in [-0.25, -0.2) is 4.98 Å². The summed E-state index contributed by atoms with van der Waals surface area (Å²) in [5, 5.41) is 0. The van der Waals surface area contributed by atoms with Gasteiger partial charge in [-0.05, 0) is 12.2 Å². The molecule has 0 amide bonds. The molecule has 0 radical (unpaired) electrons. The van der Waals surface area contributed by atoms with Gasteiger partial charge in [0.2, 0.25) is 4.77 Å². The van der Waals surface area contributed by atoms with Crippen LogP contribution in [0.15, 0.2) is 0 Å². The second-order valence-corrected chi connectivity index (χ2v) is 2.50. The molecule has 1 rings (SSSR count). The van der Waals surface area contributed by atoms with Crippen molar-refractivity contribution >= 4 is 29.5 Å². The first-order chi connectivity index (χ1) is 5.04. The molecular weight excluding hydrogens is 162 g/mol. The third-order valence-corrected chi connectivity index (χ3v) is 1.78. The molecule has 0 aliphatic heterocycles. The Kier molecular flexibility index (Phi) is 1.69. The van der Waals surface area contributed by atoms with Crippen LogP contribution in [0.3, 0.4) is 0 Å². The smallest absolute Gasteiger partial charge is 0.202 e. The number of hydrogen-bond acceptors (Lipinski definition) is 5. The highest BCUT2D eigenvalue weighted by atomic mass is 32.1. The first-order valence-electron chi connectivity index (χ1n) is 2.91. The van der Waals surface area contributed by atoms with Crippen molar-refractivity contribution in [3.63, 3.8) is 0 Å². The normalized spacial score (nSPS) is 9.91. The van der Waals surface area contributed by atoms with E-state index < -0.39 is 0 Å². The summed E-state index contributed by atoms with van der Waals surface area (Å²) >= 11 is 4.82. The van der Waals surface area contributed by atoms with Crippen molar-refractivity contribution in [2.45, 2.75) is 0 Å². The molecule has 11 heavy (non-hydrogen) atoms. The fraction of sp³-hybridized carbons (Fsp3) is 0.200. The van der Waals surface area contributed by atoms with Crippen LogP contribution in [-0.2, 0) is 7.05 Å². The van der Waals surface area contributed by atoms with E-state index in [0.29, 0.717) is 10.6 Å². The van der Waals surface area contributed by atoms with E-state index in [1.165, 1.54) is 4.57 Å². The maximum atomic E-state index is 5.53. The van der Waals surface area contributed by atoms with Gasteiger partial charge in [-0.15, -0.1) is 0 Å². The molecule has 0 bridgehead atoms. The Labute approximate surface area is 68.8 Å². The molecule has 0 aromatic carbocycles. The van der Waals surface area contributed by atoms with Gasteiger partial charge in [0.1, 0.15) is 11.5 Å². The maximum absolute atomic E-state index is 5.53. The predicted octanol–water partition coefficient (Wildman–Crippen LogP) is -0.104. The molecule has 6 N–H and O–H groups in total. The summed E-state index contributed by atoms with van der Waals surface area (Å²) < 4.78 is 1.83. The molecule has 0 fully saturated rings. The molecule has 0 saturated heterocycles. The number of nitrogens with zero attached hydrogens (tertiary/aromatic N) is 2. The van der Waals surface area contributed by atoms with E-state index in [9.17, 15) is 0 Å². The van der Waals surface area contributed by atoms with Gasteiger partial charge < -0.3 is 21.8 Å². The van der Waals surface area contributed by atoms with Crippen molar-refractivity contribution in [2.75, 3.05) is 17.2 Å². The Morgan fingerprint density at radius 3 is 2.45 bits per heavy atom. The van der Waals surface area contributed by atoms with Crippen LogP contribution in [0.4, 0.5) is 17.3 Å². The molecule has 5 nitrogen and oxygen atoms in total. The van der Waals surface area contributed by atoms with Crippen molar-refractivity contribution in [3.8, 4) is 0 Å². The van der Waals surface area contributed by atoms with Crippen molar-refractivity contribution < 1.29 is 0 Å². The van der Waals surface area contributed by atoms with Crippen LogP contribution in [0.25, 0.3) is 0 Å². The van der Waals surface area contributed by atoms with Crippen LogP contribution in [0.2, 0.25) is 0 Å². The molecule has 0 saturated carbocycles. The van der Waals surface area contributed by atoms with Crippen LogP contribution in [0.1, 0.15) is 0 Å². The van der Waals surface area contributed by atoms with Crippen LogP contribution in [-0.4, -0.2) is 9.55 Å². The summed E-state index contributed by atoms with van der Waals surface area (Å²) in [5.74, 6) is 0.535. The Bertz CT molecular complexity index is 341. The topological polar surface area (TPSA) is 95.9 Å². The van der Waals surface area contributed by atoms with Gasteiger partial charge in [0.15, 0.2) is 5.82 Å². The second-order valence-electron chi connectivity index (χ2n) is 2.14. The first-order valence-corrected chi connectivity index (χ1v) is 3.32. The van der Waals surface area contributed by atoms with Gasteiger partial charge >= 0.3 is 0 Å². The highest BCUT2D eigenvalue weighted by Gasteiger charge is 2.03. The molecule has 1 aromatic rings. The van der Waals surface area contributed by atoms with Gasteiger partial charge in [-0.2, -0.15) is 0 Å². The SMILES string of the molecule is Cn1c(N)c(N)c(N)nc1=S. The number of nitrogens with two attached hydrogens (primary N) is 3. The fourth-order valence-corrected chi connectivity index (χ4v) is 0.850. The maximum Gasteiger partial charge on any atom is 0.202 e. The van der Waals surface area contributed by atoms with Crippen molar-refractivity contribution in [1.82, 2.24) is 9.55 Å². The van der Waals surface area contributed by atoms with Crippen molar-refractivity contribution in [3.05, 3.63) is 4.77 Å². The average Bonchev–Trinajstić information content (AvgIpc) is 1.97. The number of anilines is 3. The third kappa shape index (κ3) is 1.12. The van der Waals surface area contributed by atoms with Gasteiger partial charge in [-0.1, -0.05) is 0 Å². The Balaban J connectivity index is 3.59. The predicted molar refractivity (Wildman–Crippen MR) is 47.3 cm³/mol. The molecule has 6 heteroatoms. The second kappa shape index (κ2) is 2.39. The first kappa shape index (κ1) is 7.80. The summed E-state index contributed by atoms with van der Waals surface area (Å²) in [6.45, 7) is 0. The lowest BCUT2D eigenvalue weighted by molar-refractivity contribution is 0.864. The average molecular weight is 171 g/mol. The monoisotopic (exact) mass is 171 g/mol. The molecule has 1 aromatic heterocycles. The molecule has 60 valence electrons. The summed E-state index contributed by atoms with van der Waals surface area (Å²) in [4.78, 5) is 3.78. The number of aromatic nitrogens is 2. The van der Waals surface area contributed by atoms with E-state index in [1.54, 1.807) is 7.05 Å².